The Kier molecular flexibility index (Phi) is 7.24. The van der Waals surface area contributed by atoms with Gasteiger partial charge < -0.3 is 20.3 Å². The number of morpholine rings is 1. The van der Waals surface area contributed by atoms with Crippen molar-refractivity contribution in [2.24, 2.45) is 5.92 Å². The van der Waals surface area contributed by atoms with E-state index in [1.807, 2.05) is 30.3 Å². The summed E-state index contributed by atoms with van der Waals surface area (Å²) < 4.78 is 5.59. The first-order chi connectivity index (χ1) is 13.2. The zero-order chi connectivity index (χ0) is 19.1. The molecule has 1 aromatic carbocycles. The van der Waals surface area contributed by atoms with Crippen LogP contribution in [0.15, 0.2) is 30.3 Å². The molecule has 0 aliphatic carbocycles. The molecule has 2 unspecified atom stereocenters. The molecule has 2 saturated heterocycles. The molecule has 6 heteroatoms. The number of carbonyl (C=O) groups is 2. The van der Waals surface area contributed by atoms with E-state index < -0.39 is 12.1 Å². The molecule has 2 N–H and O–H groups in total. The van der Waals surface area contributed by atoms with Crippen molar-refractivity contribution in [2.75, 3.05) is 32.8 Å². The highest BCUT2D eigenvalue weighted by Crippen LogP contribution is 2.23. The van der Waals surface area contributed by atoms with E-state index in [0.29, 0.717) is 12.5 Å². The number of rotatable bonds is 7. The summed E-state index contributed by atoms with van der Waals surface area (Å²) >= 11 is 0. The van der Waals surface area contributed by atoms with E-state index in [0.717, 1.165) is 31.5 Å². The number of carbonyl (C=O) groups excluding carboxylic acids is 2. The Labute approximate surface area is 161 Å². The van der Waals surface area contributed by atoms with Crippen LogP contribution in [0, 0.1) is 5.92 Å². The van der Waals surface area contributed by atoms with Crippen LogP contribution < -0.4 is 10.6 Å². The maximum absolute atomic E-state index is 12.7. The van der Waals surface area contributed by atoms with Crippen molar-refractivity contribution >= 4 is 11.8 Å². The summed E-state index contributed by atoms with van der Waals surface area (Å²) in [6.45, 7) is 6.24. The largest absolute Gasteiger partial charge is 0.356 e. The number of amides is 2. The van der Waals surface area contributed by atoms with Crippen molar-refractivity contribution in [2.45, 2.75) is 44.8 Å². The molecule has 6 nitrogen and oxygen atoms in total. The van der Waals surface area contributed by atoms with Gasteiger partial charge in [0.2, 0.25) is 5.91 Å². The minimum Gasteiger partial charge on any atom is -0.356 e. The van der Waals surface area contributed by atoms with Gasteiger partial charge in [0, 0.05) is 6.54 Å². The Morgan fingerprint density at radius 2 is 2.00 bits per heavy atom. The van der Waals surface area contributed by atoms with Gasteiger partial charge in [-0.3, -0.25) is 9.59 Å². The van der Waals surface area contributed by atoms with Crippen LogP contribution >= 0.6 is 0 Å². The average molecular weight is 373 g/mol. The summed E-state index contributed by atoms with van der Waals surface area (Å²) in [6.07, 6.45) is 4.04. The number of hydrogen-bond donors (Lipinski definition) is 2. The number of likely N-dealkylation sites (tertiary alicyclic amines) is 1. The first-order valence-corrected chi connectivity index (χ1v) is 10.1. The van der Waals surface area contributed by atoms with Crippen LogP contribution in [0.3, 0.4) is 0 Å². The Hall–Kier alpha value is -1.92. The van der Waals surface area contributed by atoms with Crippen LogP contribution in [0.1, 0.15) is 44.2 Å². The number of piperidine rings is 1. The van der Waals surface area contributed by atoms with Crippen molar-refractivity contribution in [3.8, 4) is 0 Å². The van der Waals surface area contributed by atoms with Crippen molar-refractivity contribution in [3.63, 3.8) is 0 Å². The smallest absolute Gasteiger partial charge is 0.251 e. The third kappa shape index (κ3) is 5.53. The van der Waals surface area contributed by atoms with Crippen LogP contribution in [0.25, 0.3) is 0 Å². The van der Waals surface area contributed by atoms with E-state index >= 15 is 0 Å². The Morgan fingerprint density at radius 3 is 2.70 bits per heavy atom. The van der Waals surface area contributed by atoms with Gasteiger partial charge in [-0.05, 0) is 50.4 Å². The third-order valence-corrected chi connectivity index (χ3v) is 5.53. The van der Waals surface area contributed by atoms with Gasteiger partial charge in [0.1, 0.15) is 6.61 Å². The Balaban J connectivity index is 1.50. The van der Waals surface area contributed by atoms with Gasteiger partial charge in [-0.25, -0.2) is 0 Å². The molecule has 2 amide bonds. The second-order valence-corrected chi connectivity index (χ2v) is 7.57. The predicted octanol–water partition coefficient (Wildman–Crippen LogP) is 1.87. The maximum Gasteiger partial charge on any atom is 0.251 e. The molecular weight excluding hydrogens is 342 g/mol. The van der Waals surface area contributed by atoms with Crippen LogP contribution in [-0.4, -0.2) is 55.6 Å². The zero-order valence-electron chi connectivity index (χ0n) is 16.2. The van der Waals surface area contributed by atoms with Gasteiger partial charge >= 0.3 is 0 Å². The van der Waals surface area contributed by atoms with Gasteiger partial charge in [0.15, 0.2) is 6.10 Å². The summed E-state index contributed by atoms with van der Waals surface area (Å²) in [4.78, 5) is 27.0. The van der Waals surface area contributed by atoms with Crippen molar-refractivity contribution < 1.29 is 14.3 Å². The van der Waals surface area contributed by atoms with Gasteiger partial charge in [-0.15, -0.1) is 0 Å². The van der Waals surface area contributed by atoms with E-state index in [2.05, 4.69) is 22.5 Å². The summed E-state index contributed by atoms with van der Waals surface area (Å²) in [5, 5.41) is 5.96. The van der Waals surface area contributed by atoms with Crippen LogP contribution in [0.2, 0.25) is 0 Å². The highest BCUT2D eigenvalue weighted by atomic mass is 16.5. The Morgan fingerprint density at radius 1 is 1.26 bits per heavy atom. The third-order valence-electron chi connectivity index (χ3n) is 5.53. The average Bonchev–Trinajstić information content (AvgIpc) is 2.72. The number of nitrogens with zero attached hydrogens (tertiary/aromatic N) is 1. The molecule has 0 radical (unpaired) electrons. The molecule has 3 rings (SSSR count). The quantitative estimate of drug-likeness (QED) is 0.766. The minimum atomic E-state index is -0.685. The second-order valence-electron chi connectivity index (χ2n) is 7.57. The molecule has 2 aliphatic heterocycles. The van der Waals surface area contributed by atoms with E-state index in [1.165, 1.54) is 19.4 Å². The lowest BCUT2D eigenvalue weighted by molar-refractivity contribution is -0.148. The topological polar surface area (TPSA) is 70.7 Å². The molecule has 0 bridgehead atoms. The van der Waals surface area contributed by atoms with Crippen molar-refractivity contribution in [1.82, 2.24) is 15.5 Å². The predicted molar refractivity (Wildman–Crippen MR) is 104 cm³/mol. The van der Waals surface area contributed by atoms with Crippen molar-refractivity contribution in [3.05, 3.63) is 35.9 Å². The second kappa shape index (κ2) is 9.85. The molecule has 2 atom stereocenters. The fourth-order valence-electron chi connectivity index (χ4n) is 3.84. The van der Waals surface area contributed by atoms with E-state index in [1.54, 1.807) is 0 Å². The lowest BCUT2D eigenvalue weighted by Crippen LogP contribution is -2.53. The number of unbranched alkanes of at least 4 members (excludes halogenated alkanes) is 1. The van der Waals surface area contributed by atoms with E-state index in [4.69, 9.17) is 4.74 Å². The molecule has 0 aromatic heterocycles. The molecule has 0 saturated carbocycles. The SMILES string of the molecule is CCCCN1CCC(CNC(=O)C2OCC(=O)NC2c2ccccc2)CC1. The standard InChI is InChI=1S/C21H31N3O3/c1-2-3-11-24-12-9-16(10-13-24)14-22-21(26)20-19(23-18(25)15-27-20)17-7-5-4-6-8-17/h4-8,16,19-20H,2-3,9-15H2,1H3,(H,22,26)(H,23,25). The normalized spacial score (nSPS) is 24.4. The van der Waals surface area contributed by atoms with Crippen LogP contribution in [0.4, 0.5) is 0 Å². The molecule has 2 fully saturated rings. The number of ether oxygens (including phenoxy) is 1. The van der Waals surface area contributed by atoms with Gasteiger partial charge in [0.05, 0.1) is 6.04 Å². The van der Waals surface area contributed by atoms with Crippen LogP contribution in [-0.2, 0) is 14.3 Å². The first-order valence-electron chi connectivity index (χ1n) is 10.1. The molecule has 2 aliphatic rings. The number of hydrogen-bond acceptors (Lipinski definition) is 4. The molecule has 148 valence electrons. The van der Waals surface area contributed by atoms with Crippen LogP contribution in [0.5, 0.6) is 0 Å². The monoisotopic (exact) mass is 373 g/mol. The van der Waals surface area contributed by atoms with Gasteiger partial charge in [0.25, 0.3) is 5.91 Å². The minimum absolute atomic E-state index is 0.0722. The lowest BCUT2D eigenvalue weighted by Gasteiger charge is -2.34. The summed E-state index contributed by atoms with van der Waals surface area (Å²) in [7, 11) is 0. The molecule has 0 spiro atoms. The molecule has 27 heavy (non-hydrogen) atoms. The summed E-state index contributed by atoms with van der Waals surface area (Å²) in [5.74, 6) is 0.185. The Bertz CT molecular complexity index is 614. The zero-order valence-corrected chi connectivity index (χ0v) is 16.2. The number of benzene rings is 1. The fraction of sp³-hybridized carbons (Fsp3) is 0.619. The molecular formula is C21H31N3O3. The summed E-state index contributed by atoms with van der Waals surface area (Å²) in [5.41, 5.74) is 0.884. The molecule has 2 heterocycles. The summed E-state index contributed by atoms with van der Waals surface area (Å²) in [6, 6.07) is 9.09. The lowest BCUT2D eigenvalue weighted by atomic mass is 9.95. The fourth-order valence-corrected chi connectivity index (χ4v) is 3.84. The van der Waals surface area contributed by atoms with Gasteiger partial charge in [-0.1, -0.05) is 43.7 Å². The van der Waals surface area contributed by atoms with Gasteiger partial charge in [-0.2, -0.15) is 0 Å². The maximum atomic E-state index is 12.7. The number of nitrogens with one attached hydrogen (secondary N) is 2. The highest BCUT2D eigenvalue weighted by molar-refractivity contribution is 5.86. The van der Waals surface area contributed by atoms with E-state index in [9.17, 15) is 9.59 Å². The first kappa shape index (κ1) is 19.8. The van der Waals surface area contributed by atoms with Crippen molar-refractivity contribution in [1.29, 1.82) is 0 Å². The highest BCUT2D eigenvalue weighted by Gasteiger charge is 2.36. The molecule has 1 aromatic rings. The van der Waals surface area contributed by atoms with E-state index in [-0.39, 0.29) is 18.4 Å².